The molecule has 2 aromatic heterocycles. The lowest BCUT2D eigenvalue weighted by atomic mass is 10.0. The SMILES string of the molecule is Cc1nc(Nc2cccc(N3CCOCC3=O)n2)sc1-c1cc2c(c(S(=O)(=O)NC3COC3)c1)C(=O)N(C(C)C1CC1)C2. The minimum Gasteiger partial charge on any atom is -0.378 e. The van der Waals surface area contributed by atoms with E-state index in [-0.39, 0.29) is 41.0 Å². The molecule has 2 N–H and O–H groups in total. The number of carbonyl (C=O) groups is 2. The number of morpholine rings is 1. The van der Waals surface area contributed by atoms with E-state index in [4.69, 9.17) is 14.5 Å². The number of sulfonamides is 1. The van der Waals surface area contributed by atoms with Gasteiger partial charge in [0.2, 0.25) is 10.0 Å². The number of benzene rings is 1. The van der Waals surface area contributed by atoms with Crippen molar-refractivity contribution in [2.75, 3.05) is 43.2 Å². The summed E-state index contributed by atoms with van der Waals surface area (Å²) in [6, 6.07) is 8.63. The summed E-state index contributed by atoms with van der Waals surface area (Å²) in [6.07, 6.45) is 2.16. The third-order valence-electron chi connectivity index (χ3n) is 8.34. The Balaban J connectivity index is 1.22. The van der Waals surface area contributed by atoms with Crippen LogP contribution >= 0.6 is 11.3 Å². The summed E-state index contributed by atoms with van der Waals surface area (Å²) < 4.78 is 40.4. The van der Waals surface area contributed by atoms with Crippen LogP contribution in [0.1, 0.15) is 41.4 Å². The molecule has 2 amide bonds. The third-order valence-corrected chi connectivity index (χ3v) is 11.0. The summed E-state index contributed by atoms with van der Waals surface area (Å²) in [7, 11) is -4.00. The summed E-state index contributed by atoms with van der Waals surface area (Å²) in [6.45, 7) is 5.80. The van der Waals surface area contributed by atoms with E-state index in [9.17, 15) is 18.0 Å². The van der Waals surface area contributed by atoms with E-state index in [1.165, 1.54) is 11.3 Å². The fourth-order valence-electron chi connectivity index (χ4n) is 5.76. The number of nitrogens with one attached hydrogen (secondary N) is 2. The molecule has 0 bridgehead atoms. The Morgan fingerprint density at radius 2 is 1.93 bits per heavy atom. The van der Waals surface area contributed by atoms with Gasteiger partial charge in [-0.2, -0.15) is 0 Å². The van der Waals surface area contributed by atoms with Gasteiger partial charge in [0.25, 0.3) is 11.8 Å². The van der Waals surface area contributed by atoms with E-state index in [2.05, 4.69) is 15.0 Å². The highest BCUT2D eigenvalue weighted by Crippen LogP contribution is 2.42. The second-order valence-electron chi connectivity index (χ2n) is 11.4. The predicted octanol–water partition coefficient (Wildman–Crippen LogP) is 3.05. The first-order valence-corrected chi connectivity index (χ1v) is 16.7. The van der Waals surface area contributed by atoms with E-state index in [0.717, 1.165) is 17.7 Å². The molecule has 12 nitrogen and oxygen atoms in total. The van der Waals surface area contributed by atoms with Crippen LogP contribution in [0.3, 0.4) is 0 Å². The highest BCUT2D eigenvalue weighted by molar-refractivity contribution is 7.89. The van der Waals surface area contributed by atoms with Gasteiger partial charge in [0.15, 0.2) is 5.13 Å². The van der Waals surface area contributed by atoms with Crippen LogP contribution in [0.15, 0.2) is 35.2 Å². The first-order chi connectivity index (χ1) is 20.7. The molecule has 43 heavy (non-hydrogen) atoms. The van der Waals surface area contributed by atoms with Crippen molar-refractivity contribution in [3.63, 3.8) is 0 Å². The Hall–Kier alpha value is -3.43. The fraction of sp³-hybridized carbons (Fsp3) is 0.448. The number of nitrogens with zero attached hydrogens (tertiary/aromatic N) is 4. The monoisotopic (exact) mass is 624 g/mol. The van der Waals surface area contributed by atoms with Crippen molar-refractivity contribution < 1.29 is 27.5 Å². The van der Waals surface area contributed by atoms with Gasteiger partial charge in [0.1, 0.15) is 18.2 Å². The number of anilines is 3. The number of fused-ring (bicyclic) bond motifs is 1. The summed E-state index contributed by atoms with van der Waals surface area (Å²) in [4.78, 5) is 39.4. The number of thiazole rings is 1. The number of ether oxygens (including phenoxy) is 2. The topological polar surface area (TPSA) is 143 Å². The van der Waals surface area contributed by atoms with Crippen LogP contribution in [0.25, 0.3) is 10.4 Å². The third kappa shape index (κ3) is 5.42. The summed E-state index contributed by atoms with van der Waals surface area (Å²) >= 11 is 1.37. The zero-order chi connectivity index (χ0) is 29.9. The zero-order valence-electron chi connectivity index (χ0n) is 23.8. The lowest BCUT2D eigenvalue weighted by Crippen LogP contribution is -2.48. The average Bonchev–Trinajstić information content (AvgIpc) is 3.68. The number of amides is 2. The van der Waals surface area contributed by atoms with Gasteiger partial charge in [-0.25, -0.2) is 23.1 Å². The van der Waals surface area contributed by atoms with Crippen LogP contribution in [0, 0.1) is 12.8 Å². The molecular weight excluding hydrogens is 592 g/mol. The van der Waals surface area contributed by atoms with Crippen molar-refractivity contribution in [3.8, 4) is 10.4 Å². The second-order valence-corrected chi connectivity index (χ2v) is 14.1. The molecular formula is C29H32N6O6S2. The molecule has 1 aliphatic carbocycles. The molecule has 1 atom stereocenters. The maximum absolute atomic E-state index is 13.7. The lowest BCUT2D eigenvalue weighted by Gasteiger charge is -2.27. The summed E-state index contributed by atoms with van der Waals surface area (Å²) in [5, 5.41) is 3.81. The van der Waals surface area contributed by atoms with Gasteiger partial charge in [-0.15, -0.1) is 0 Å². The van der Waals surface area contributed by atoms with Crippen molar-refractivity contribution in [1.29, 1.82) is 0 Å². The van der Waals surface area contributed by atoms with Gasteiger partial charge in [-0.3, -0.25) is 14.5 Å². The molecule has 1 saturated carbocycles. The molecule has 3 aliphatic heterocycles. The standard InChI is InChI=1S/C29H32N6O6S2/c1-16-27(42-29(30-16)32-23-4-3-5-24(31-23)34-8-9-40-15-25(34)36)19-10-20-12-35(17(2)18-6-7-18)28(37)26(20)22(11-19)43(38,39)33-21-13-41-14-21/h3-5,10-11,17-18,21,33H,6-9,12-15H2,1-2H3,(H,30,31,32). The van der Waals surface area contributed by atoms with Crippen molar-refractivity contribution in [3.05, 3.63) is 47.2 Å². The quantitative estimate of drug-likeness (QED) is 0.367. The second kappa shape index (κ2) is 10.9. The molecule has 7 rings (SSSR count). The van der Waals surface area contributed by atoms with Crippen molar-refractivity contribution in [2.24, 2.45) is 5.92 Å². The van der Waals surface area contributed by atoms with Crippen LogP contribution in [0.4, 0.5) is 16.8 Å². The summed E-state index contributed by atoms with van der Waals surface area (Å²) in [5.74, 6) is 1.12. The van der Waals surface area contributed by atoms with Gasteiger partial charge >= 0.3 is 0 Å². The van der Waals surface area contributed by atoms with Crippen LogP contribution in [0.2, 0.25) is 0 Å². The molecule has 1 unspecified atom stereocenters. The molecule has 14 heteroatoms. The number of pyridine rings is 1. The van der Waals surface area contributed by atoms with Crippen LogP contribution in [-0.4, -0.2) is 80.2 Å². The highest BCUT2D eigenvalue weighted by Gasteiger charge is 2.42. The molecule has 3 fully saturated rings. The predicted molar refractivity (Wildman–Crippen MR) is 160 cm³/mol. The van der Waals surface area contributed by atoms with Crippen molar-refractivity contribution in [1.82, 2.24) is 19.6 Å². The molecule has 5 heterocycles. The Morgan fingerprint density at radius 1 is 1.12 bits per heavy atom. The molecule has 1 aromatic carbocycles. The van der Waals surface area contributed by atoms with Gasteiger partial charge in [0, 0.05) is 12.6 Å². The molecule has 0 spiro atoms. The molecule has 2 saturated heterocycles. The van der Waals surface area contributed by atoms with Crippen molar-refractivity contribution in [2.45, 2.75) is 50.2 Å². The highest BCUT2D eigenvalue weighted by atomic mass is 32.2. The summed E-state index contributed by atoms with van der Waals surface area (Å²) in [5.41, 5.74) is 2.35. The lowest BCUT2D eigenvalue weighted by molar-refractivity contribution is -0.125. The largest absolute Gasteiger partial charge is 0.378 e. The number of hydrogen-bond acceptors (Lipinski definition) is 10. The van der Waals surface area contributed by atoms with Gasteiger partial charge in [0.05, 0.1) is 53.4 Å². The minimum atomic E-state index is -4.00. The van der Waals surface area contributed by atoms with Gasteiger partial charge < -0.3 is 19.7 Å². The van der Waals surface area contributed by atoms with Crippen LogP contribution in [-0.2, 0) is 30.8 Å². The van der Waals surface area contributed by atoms with E-state index < -0.39 is 10.0 Å². The first-order valence-electron chi connectivity index (χ1n) is 14.4. The average molecular weight is 625 g/mol. The maximum Gasteiger partial charge on any atom is 0.256 e. The number of aromatic nitrogens is 2. The Labute approximate surface area is 253 Å². The van der Waals surface area contributed by atoms with Crippen molar-refractivity contribution >= 4 is 49.9 Å². The molecule has 226 valence electrons. The zero-order valence-corrected chi connectivity index (χ0v) is 25.5. The maximum atomic E-state index is 13.7. The Bertz CT molecular complexity index is 1720. The van der Waals surface area contributed by atoms with E-state index in [1.807, 2.05) is 30.9 Å². The smallest absolute Gasteiger partial charge is 0.256 e. The number of rotatable bonds is 9. The Kier molecular flexibility index (Phi) is 7.21. The van der Waals surface area contributed by atoms with Gasteiger partial charge in [-0.1, -0.05) is 17.4 Å². The molecule has 4 aliphatic rings. The van der Waals surface area contributed by atoms with E-state index in [0.29, 0.717) is 72.4 Å². The fourth-order valence-corrected chi connectivity index (χ4v) is 8.19. The molecule has 3 aromatic rings. The Morgan fingerprint density at radius 3 is 2.65 bits per heavy atom. The normalized spacial score (nSPS) is 19.9. The van der Waals surface area contributed by atoms with E-state index in [1.54, 1.807) is 23.1 Å². The van der Waals surface area contributed by atoms with Gasteiger partial charge in [-0.05, 0) is 68.0 Å². The number of aryl methyl sites for hydroxylation is 1. The number of carbonyl (C=O) groups excluding carboxylic acids is 2. The number of hydrogen-bond donors (Lipinski definition) is 2. The van der Waals surface area contributed by atoms with E-state index >= 15 is 0 Å². The first kappa shape index (κ1) is 28.3. The van der Waals surface area contributed by atoms with Crippen LogP contribution < -0.4 is 14.9 Å². The minimum absolute atomic E-state index is 0.00532. The van der Waals surface area contributed by atoms with Crippen LogP contribution in [0.5, 0.6) is 0 Å². The molecule has 0 radical (unpaired) electrons.